The van der Waals surface area contributed by atoms with Crippen molar-refractivity contribution in [2.45, 2.75) is 72.6 Å². The Bertz CT molecular complexity index is 502. The minimum Gasteiger partial charge on any atom is -0.356 e. The van der Waals surface area contributed by atoms with Gasteiger partial charge in [-0.15, -0.1) is 0 Å². The number of nitrogens with zero attached hydrogens (tertiary/aromatic N) is 1. The van der Waals surface area contributed by atoms with Crippen LogP contribution in [0, 0.1) is 23.2 Å². The van der Waals surface area contributed by atoms with Crippen molar-refractivity contribution in [3.05, 3.63) is 0 Å². The molecule has 0 radical (unpaired) electrons. The summed E-state index contributed by atoms with van der Waals surface area (Å²) in [4.78, 5) is 38.2. The minimum atomic E-state index is -0.182. The lowest BCUT2D eigenvalue weighted by Crippen LogP contribution is -2.38. The Balaban J connectivity index is 1.79. The number of carbonyl (C=O) groups is 3. The first-order chi connectivity index (χ1) is 11.7. The van der Waals surface area contributed by atoms with Crippen LogP contribution in [0.15, 0.2) is 0 Å². The Kier molecular flexibility index (Phi) is 6.64. The Hall–Kier alpha value is -1.39. The number of hydrogen-bond acceptors (Lipinski definition) is 3. The van der Waals surface area contributed by atoms with Crippen molar-refractivity contribution in [3.63, 3.8) is 0 Å². The summed E-state index contributed by atoms with van der Waals surface area (Å²) in [6.45, 7) is 9.46. The first-order valence-electron chi connectivity index (χ1n) is 9.83. The molecule has 3 amide bonds. The molecule has 0 aromatic heterocycles. The lowest BCUT2D eigenvalue weighted by atomic mass is 9.79. The Morgan fingerprint density at radius 2 is 1.72 bits per heavy atom. The van der Waals surface area contributed by atoms with Crippen LogP contribution in [-0.2, 0) is 14.4 Å². The van der Waals surface area contributed by atoms with Gasteiger partial charge in [0, 0.05) is 25.9 Å². The van der Waals surface area contributed by atoms with Crippen molar-refractivity contribution in [2.24, 2.45) is 23.2 Å². The first kappa shape index (κ1) is 19.9. The van der Waals surface area contributed by atoms with Crippen LogP contribution in [0.25, 0.3) is 0 Å². The predicted octanol–water partition coefficient (Wildman–Crippen LogP) is 3.13. The van der Waals surface area contributed by atoms with E-state index in [1.54, 1.807) is 0 Å². The molecule has 0 aromatic carbocycles. The maximum atomic E-state index is 12.6. The molecule has 5 heteroatoms. The van der Waals surface area contributed by atoms with E-state index in [0.717, 1.165) is 38.6 Å². The highest BCUT2D eigenvalue weighted by atomic mass is 16.2. The molecule has 1 atom stereocenters. The standard InChI is InChI=1S/C20H34N2O3/c1-5-10-21-17(23)11-14-6-8-15(9-7-14)13-22-18(24)12-16(19(22)25)20(2,3)4/h14-16H,5-13H2,1-4H3,(H,21,23). The smallest absolute Gasteiger partial charge is 0.233 e. The van der Waals surface area contributed by atoms with Gasteiger partial charge in [0.1, 0.15) is 0 Å². The molecule has 5 nitrogen and oxygen atoms in total. The lowest BCUT2D eigenvalue weighted by Gasteiger charge is -2.31. The average Bonchev–Trinajstić information content (AvgIpc) is 2.83. The van der Waals surface area contributed by atoms with E-state index in [9.17, 15) is 14.4 Å². The molecule has 1 aliphatic carbocycles. The molecule has 1 aliphatic heterocycles. The number of hydrogen-bond donors (Lipinski definition) is 1. The number of imide groups is 1. The number of rotatable bonds is 6. The van der Waals surface area contributed by atoms with Crippen molar-refractivity contribution in [2.75, 3.05) is 13.1 Å². The second-order valence-corrected chi connectivity index (χ2v) is 8.91. The maximum Gasteiger partial charge on any atom is 0.233 e. The van der Waals surface area contributed by atoms with Gasteiger partial charge >= 0.3 is 0 Å². The first-order valence-corrected chi connectivity index (χ1v) is 9.83. The van der Waals surface area contributed by atoms with Crippen LogP contribution in [0.2, 0.25) is 0 Å². The summed E-state index contributed by atoms with van der Waals surface area (Å²) in [7, 11) is 0. The van der Waals surface area contributed by atoms with Crippen LogP contribution < -0.4 is 5.32 Å². The van der Waals surface area contributed by atoms with Crippen LogP contribution in [0.1, 0.15) is 72.6 Å². The fourth-order valence-corrected chi connectivity index (χ4v) is 4.03. The highest BCUT2D eigenvalue weighted by Gasteiger charge is 2.45. The third kappa shape index (κ3) is 5.29. The summed E-state index contributed by atoms with van der Waals surface area (Å²) in [5.41, 5.74) is -0.162. The van der Waals surface area contributed by atoms with Crippen LogP contribution in [0.5, 0.6) is 0 Å². The number of likely N-dealkylation sites (tertiary alicyclic amines) is 1. The summed E-state index contributed by atoms with van der Waals surface area (Å²) < 4.78 is 0. The molecular formula is C20H34N2O3. The molecule has 1 saturated carbocycles. The van der Waals surface area contributed by atoms with Gasteiger partial charge in [-0.05, 0) is 49.4 Å². The third-order valence-electron chi connectivity index (χ3n) is 5.74. The SMILES string of the molecule is CCCNC(=O)CC1CCC(CN2C(=O)CC(C(C)(C)C)C2=O)CC1. The molecule has 0 bridgehead atoms. The lowest BCUT2D eigenvalue weighted by molar-refractivity contribution is -0.141. The van der Waals surface area contributed by atoms with Crippen LogP contribution in [-0.4, -0.2) is 35.7 Å². The van der Waals surface area contributed by atoms with E-state index in [1.807, 2.05) is 20.8 Å². The molecule has 1 unspecified atom stereocenters. The van der Waals surface area contributed by atoms with Gasteiger partial charge in [0.15, 0.2) is 0 Å². The van der Waals surface area contributed by atoms with E-state index in [4.69, 9.17) is 0 Å². The van der Waals surface area contributed by atoms with Gasteiger partial charge < -0.3 is 5.32 Å². The topological polar surface area (TPSA) is 66.5 Å². The molecule has 0 aromatic rings. The van der Waals surface area contributed by atoms with Gasteiger partial charge in [0.05, 0.1) is 5.92 Å². The summed E-state index contributed by atoms with van der Waals surface area (Å²) >= 11 is 0. The predicted molar refractivity (Wildman–Crippen MR) is 97.6 cm³/mol. The number of nitrogens with one attached hydrogen (secondary N) is 1. The monoisotopic (exact) mass is 350 g/mol. The molecule has 0 spiro atoms. The summed E-state index contributed by atoms with van der Waals surface area (Å²) in [6, 6.07) is 0. The third-order valence-corrected chi connectivity index (χ3v) is 5.74. The molecule has 142 valence electrons. The van der Waals surface area contributed by atoms with Crippen LogP contribution in [0.4, 0.5) is 0 Å². The van der Waals surface area contributed by atoms with E-state index in [-0.39, 0.29) is 29.1 Å². The fourth-order valence-electron chi connectivity index (χ4n) is 4.03. The van der Waals surface area contributed by atoms with E-state index < -0.39 is 0 Å². The largest absolute Gasteiger partial charge is 0.356 e. The zero-order chi connectivity index (χ0) is 18.6. The fraction of sp³-hybridized carbons (Fsp3) is 0.850. The van der Waals surface area contributed by atoms with Gasteiger partial charge in [-0.2, -0.15) is 0 Å². The number of carbonyl (C=O) groups excluding carboxylic acids is 3. The normalized spacial score (nSPS) is 27.7. The summed E-state index contributed by atoms with van der Waals surface area (Å²) in [5.74, 6) is 0.813. The zero-order valence-electron chi connectivity index (χ0n) is 16.3. The molecule has 25 heavy (non-hydrogen) atoms. The van der Waals surface area contributed by atoms with Crippen molar-refractivity contribution in [1.82, 2.24) is 10.2 Å². The van der Waals surface area contributed by atoms with E-state index in [2.05, 4.69) is 12.2 Å². The number of amides is 3. The summed E-state index contributed by atoms with van der Waals surface area (Å²) in [5, 5.41) is 2.94. The van der Waals surface area contributed by atoms with Crippen molar-refractivity contribution >= 4 is 17.7 Å². The van der Waals surface area contributed by atoms with Gasteiger partial charge in [0.2, 0.25) is 17.7 Å². The highest BCUT2D eigenvalue weighted by molar-refractivity contribution is 6.03. The molecule has 1 N–H and O–H groups in total. The summed E-state index contributed by atoms with van der Waals surface area (Å²) in [6.07, 6.45) is 5.97. The van der Waals surface area contributed by atoms with Gasteiger partial charge in [-0.1, -0.05) is 27.7 Å². The van der Waals surface area contributed by atoms with Gasteiger partial charge in [-0.25, -0.2) is 0 Å². The Morgan fingerprint density at radius 3 is 2.24 bits per heavy atom. The van der Waals surface area contributed by atoms with E-state index in [0.29, 0.717) is 31.2 Å². The molecule has 2 aliphatic rings. The van der Waals surface area contributed by atoms with E-state index in [1.165, 1.54) is 4.90 Å². The van der Waals surface area contributed by atoms with E-state index >= 15 is 0 Å². The van der Waals surface area contributed by atoms with Crippen molar-refractivity contribution < 1.29 is 14.4 Å². The average molecular weight is 351 g/mol. The van der Waals surface area contributed by atoms with Crippen LogP contribution >= 0.6 is 0 Å². The van der Waals surface area contributed by atoms with Crippen molar-refractivity contribution in [3.8, 4) is 0 Å². The second kappa shape index (κ2) is 8.33. The molecule has 2 fully saturated rings. The highest BCUT2D eigenvalue weighted by Crippen LogP contribution is 2.37. The van der Waals surface area contributed by atoms with Crippen molar-refractivity contribution in [1.29, 1.82) is 0 Å². The quantitative estimate of drug-likeness (QED) is 0.749. The molecule has 2 rings (SSSR count). The maximum absolute atomic E-state index is 12.6. The van der Waals surface area contributed by atoms with Gasteiger partial charge in [0.25, 0.3) is 0 Å². The Morgan fingerprint density at radius 1 is 1.12 bits per heavy atom. The van der Waals surface area contributed by atoms with Gasteiger partial charge in [-0.3, -0.25) is 19.3 Å². The van der Waals surface area contributed by atoms with Crippen LogP contribution in [0.3, 0.4) is 0 Å². The second-order valence-electron chi connectivity index (χ2n) is 8.91. The minimum absolute atomic E-state index is 0.00834. The Labute approximate surface area is 151 Å². The molecule has 1 saturated heterocycles. The zero-order valence-corrected chi connectivity index (χ0v) is 16.3. The molecule has 1 heterocycles. The molecular weight excluding hydrogens is 316 g/mol.